The highest BCUT2D eigenvalue weighted by molar-refractivity contribution is 5.88. The first kappa shape index (κ1) is 14.4. The summed E-state index contributed by atoms with van der Waals surface area (Å²) in [5.74, 6) is -1.95. The van der Waals surface area contributed by atoms with Crippen molar-refractivity contribution < 1.29 is 19.8 Å². The largest absolute Gasteiger partial charge is 0.481 e. The monoisotopic (exact) mass is 277 g/mol. The highest BCUT2D eigenvalue weighted by Crippen LogP contribution is 2.28. The Morgan fingerprint density at radius 2 is 2.00 bits per heavy atom. The van der Waals surface area contributed by atoms with Crippen molar-refractivity contribution in [1.82, 2.24) is 0 Å². The van der Waals surface area contributed by atoms with Gasteiger partial charge in [-0.1, -0.05) is 6.42 Å². The van der Waals surface area contributed by atoms with Gasteiger partial charge in [-0.05, 0) is 49.9 Å². The van der Waals surface area contributed by atoms with Gasteiger partial charge in [-0.15, -0.1) is 0 Å². The van der Waals surface area contributed by atoms with Gasteiger partial charge in [0.2, 0.25) is 0 Å². The van der Waals surface area contributed by atoms with Crippen molar-refractivity contribution in [1.29, 1.82) is 0 Å². The van der Waals surface area contributed by atoms with Gasteiger partial charge in [-0.25, -0.2) is 4.79 Å². The Balaban J connectivity index is 2.06. The van der Waals surface area contributed by atoms with E-state index in [1.807, 2.05) is 6.92 Å². The van der Waals surface area contributed by atoms with Crippen LogP contribution in [0, 0.1) is 12.8 Å². The van der Waals surface area contributed by atoms with Gasteiger partial charge in [0.15, 0.2) is 0 Å². The normalized spacial score (nSPS) is 22.2. The number of carboxylic acids is 2. The maximum Gasteiger partial charge on any atom is 0.335 e. The predicted octanol–water partition coefficient (Wildman–Crippen LogP) is 2.75. The minimum Gasteiger partial charge on any atom is -0.481 e. The summed E-state index contributed by atoms with van der Waals surface area (Å²) in [4.78, 5) is 21.9. The molecular formula is C15H19NO4. The molecule has 1 fully saturated rings. The van der Waals surface area contributed by atoms with E-state index >= 15 is 0 Å². The lowest BCUT2D eigenvalue weighted by Gasteiger charge is -2.28. The molecule has 1 aliphatic rings. The van der Waals surface area contributed by atoms with E-state index in [2.05, 4.69) is 5.32 Å². The number of hydrogen-bond donors (Lipinski definition) is 3. The van der Waals surface area contributed by atoms with E-state index in [-0.39, 0.29) is 17.5 Å². The van der Waals surface area contributed by atoms with Crippen molar-refractivity contribution >= 4 is 17.6 Å². The topological polar surface area (TPSA) is 86.6 Å². The fourth-order valence-corrected chi connectivity index (χ4v) is 2.72. The molecule has 108 valence electrons. The summed E-state index contributed by atoms with van der Waals surface area (Å²) in [6.45, 7) is 1.85. The number of carboxylic acid groups (broad SMARTS) is 2. The maximum absolute atomic E-state index is 11.0. The van der Waals surface area contributed by atoms with E-state index in [0.29, 0.717) is 6.42 Å². The molecule has 0 aliphatic heterocycles. The third kappa shape index (κ3) is 3.29. The Morgan fingerprint density at radius 3 is 2.60 bits per heavy atom. The first-order valence-electron chi connectivity index (χ1n) is 6.80. The quantitative estimate of drug-likeness (QED) is 0.787. The van der Waals surface area contributed by atoms with Gasteiger partial charge < -0.3 is 15.5 Å². The molecule has 5 heteroatoms. The van der Waals surface area contributed by atoms with Crippen molar-refractivity contribution in [3.63, 3.8) is 0 Å². The van der Waals surface area contributed by atoms with Crippen LogP contribution in [0.15, 0.2) is 18.2 Å². The molecule has 20 heavy (non-hydrogen) atoms. The van der Waals surface area contributed by atoms with E-state index in [1.165, 1.54) is 0 Å². The summed E-state index contributed by atoms with van der Waals surface area (Å²) >= 11 is 0. The molecule has 1 aromatic carbocycles. The number of anilines is 1. The van der Waals surface area contributed by atoms with Crippen LogP contribution in [0.2, 0.25) is 0 Å². The van der Waals surface area contributed by atoms with Crippen LogP contribution in [0.3, 0.4) is 0 Å². The molecule has 0 radical (unpaired) electrons. The van der Waals surface area contributed by atoms with Crippen LogP contribution in [0.4, 0.5) is 5.69 Å². The summed E-state index contributed by atoms with van der Waals surface area (Å²) in [5, 5.41) is 21.4. The van der Waals surface area contributed by atoms with Gasteiger partial charge in [0, 0.05) is 11.7 Å². The third-order valence-corrected chi connectivity index (χ3v) is 3.86. The molecule has 2 atom stereocenters. The van der Waals surface area contributed by atoms with Gasteiger partial charge in [0.25, 0.3) is 0 Å². The molecular weight excluding hydrogens is 258 g/mol. The van der Waals surface area contributed by atoms with Crippen molar-refractivity contribution in [2.45, 2.75) is 38.6 Å². The second-order valence-corrected chi connectivity index (χ2v) is 5.38. The Morgan fingerprint density at radius 1 is 1.25 bits per heavy atom. The molecule has 2 rings (SSSR count). The van der Waals surface area contributed by atoms with E-state index in [4.69, 9.17) is 10.2 Å². The van der Waals surface area contributed by atoms with Gasteiger partial charge in [0.1, 0.15) is 0 Å². The van der Waals surface area contributed by atoms with Crippen LogP contribution in [-0.4, -0.2) is 28.2 Å². The number of hydrogen-bond acceptors (Lipinski definition) is 3. The smallest absolute Gasteiger partial charge is 0.335 e. The zero-order valence-electron chi connectivity index (χ0n) is 11.4. The Kier molecular flexibility index (Phi) is 4.27. The van der Waals surface area contributed by atoms with Crippen molar-refractivity contribution in [3.05, 3.63) is 29.3 Å². The predicted molar refractivity (Wildman–Crippen MR) is 75.1 cm³/mol. The molecule has 2 unspecified atom stereocenters. The first-order chi connectivity index (χ1) is 9.47. The lowest BCUT2D eigenvalue weighted by atomic mass is 9.85. The Labute approximate surface area is 117 Å². The number of aryl methyl sites for hydroxylation is 1. The molecule has 1 aromatic rings. The second-order valence-electron chi connectivity index (χ2n) is 5.38. The van der Waals surface area contributed by atoms with Crippen LogP contribution in [-0.2, 0) is 4.79 Å². The molecule has 0 heterocycles. The van der Waals surface area contributed by atoms with Gasteiger partial charge in [-0.2, -0.15) is 0 Å². The first-order valence-corrected chi connectivity index (χ1v) is 6.80. The van der Waals surface area contributed by atoms with Crippen LogP contribution in [0.5, 0.6) is 0 Å². The van der Waals surface area contributed by atoms with E-state index < -0.39 is 11.9 Å². The van der Waals surface area contributed by atoms with Crippen molar-refractivity contribution in [3.8, 4) is 0 Å². The molecule has 3 N–H and O–H groups in total. The highest BCUT2D eigenvalue weighted by Gasteiger charge is 2.27. The maximum atomic E-state index is 11.0. The minimum absolute atomic E-state index is 0.138. The zero-order chi connectivity index (χ0) is 14.7. The van der Waals surface area contributed by atoms with Gasteiger partial charge in [0.05, 0.1) is 11.5 Å². The summed E-state index contributed by atoms with van der Waals surface area (Å²) in [6.07, 6.45) is 3.21. The third-order valence-electron chi connectivity index (χ3n) is 3.86. The standard InChI is InChI=1S/C15H19NO4/c1-9-7-11(15(19)20)5-6-13(9)16-12-4-2-3-10(8-12)14(17)18/h5-7,10,12,16H,2-4,8H2,1H3,(H,17,18)(H,19,20). The molecule has 0 aromatic heterocycles. The van der Waals surface area contributed by atoms with Crippen LogP contribution in [0.25, 0.3) is 0 Å². The number of nitrogens with one attached hydrogen (secondary N) is 1. The molecule has 5 nitrogen and oxygen atoms in total. The lowest BCUT2D eigenvalue weighted by molar-refractivity contribution is -0.142. The average Bonchev–Trinajstić information content (AvgIpc) is 2.41. The van der Waals surface area contributed by atoms with E-state index in [1.54, 1.807) is 18.2 Å². The summed E-state index contributed by atoms with van der Waals surface area (Å²) in [6, 6.07) is 5.08. The van der Waals surface area contributed by atoms with Crippen molar-refractivity contribution in [2.75, 3.05) is 5.32 Å². The SMILES string of the molecule is Cc1cc(C(=O)O)ccc1NC1CCCC(C(=O)O)C1. The summed E-state index contributed by atoms with van der Waals surface area (Å²) in [7, 11) is 0. The molecule has 1 aliphatic carbocycles. The van der Waals surface area contributed by atoms with E-state index in [9.17, 15) is 9.59 Å². The molecule has 0 amide bonds. The van der Waals surface area contributed by atoms with Crippen LogP contribution < -0.4 is 5.32 Å². The Bertz CT molecular complexity index is 527. The molecule has 0 spiro atoms. The Hall–Kier alpha value is -2.04. The number of rotatable bonds is 4. The number of carbonyl (C=O) groups is 2. The van der Waals surface area contributed by atoms with E-state index in [0.717, 1.165) is 30.5 Å². The molecule has 0 saturated heterocycles. The van der Waals surface area contributed by atoms with Crippen LogP contribution >= 0.6 is 0 Å². The number of aliphatic carboxylic acids is 1. The lowest BCUT2D eigenvalue weighted by Crippen LogP contribution is -2.31. The fourth-order valence-electron chi connectivity index (χ4n) is 2.72. The molecule has 1 saturated carbocycles. The zero-order valence-corrected chi connectivity index (χ0v) is 11.4. The van der Waals surface area contributed by atoms with Crippen molar-refractivity contribution in [2.24, 2.45) is 5.92 Å². The number of benzene rings is 1. The minimum atomic E-state index is -0.941. The summed E-state index contributed by atoms with van der Waals surface area (Å²) in [5.41, 5.74) is 2.01. The average molecular weight is 277 g/mol. The number of aromatic carboxylic acids is 1. The second kappa shape index (κ2) is 5.94. The van der Waals surface area contributed by atoms with Gasteiger partial charge in [-0.3, -0.25) is 4.79 Å². The highest BCUT2D eigenvalue weighted by atomic mass is 16.4. The van der Waals surface area contributed by atoms with Gasteiger partial charge >= 0.3 is 11.9 Å². The van der Waals surface area contributed by atoms with Crippen LogP contribution in [0.1, 0.15) is 41.6 Å². The fraction of sp³-hybridized carbons (Fsp3) is 0.467. The summed E-state index contributed by atoms with van der Waals surface area (Å²) < 4.78 is 0. The molecule has 0 bridgehead atoms.